The van der Waals surface area contributed by atoms with E-state index in [-0.39, 0.29) is 6.54 Å². The number of carbonyl (C=O) groups is 1. The Labute approximate surface area is 112 Å². The van der Waals surface area contributed by atoms with Gasteiger partial charge in [-0.1, -0.05) is 12.1 Å². The van der Waals surface area contributed by atoms with E-state index < -0.39 is 26.8 Å². The number of amides is 1. The SMILES string of the molecule is CC(C)(C)OC(=O)NCc1cccc(S(=O)(=O)F)c1. The number of alkyl carbamates (subject to hydrolysis) is 1. The van der Waals surface area contributed by atoms with Crippen LogP contribution in [0.5, 0.6) is 0 Å². The molecule has 7 heteroatoms. The average molecular weight is 289 g/mol. The number of hydrogen-bond acceptors (Lipinski definition) is 4. The Hall–Kier alpha value is -1.63. The van der Waals surface area contributed by atoms with E-state index in [1.54, 1.807) is 26.8 Å². The molecule has 0 aromatic heterocycles. The molecule has 0 aliphatic heterocycles. The maximum absolute atomic E-state index is 12.8. The van der Waals surface area contributed by atoms with E-state index in [1.807, 2.05) is 0 Å². The molecule has 0 heterocycles. The molecule has 0 aliphatic rings. The van der Waals surface area contributed by atoms with Crippen molar-refractivity contribution < 1.29 is 21.8 Å². The monoisotopic (exact) mass is 289 g/mol. The summed E-state index contributed by atoms with van der Waals surface area (Å²) in [5.74, 6) is 0. The fourth-order valence-electron chi connectivity index (χ4n) is 1.30. The molecule has 1 amide bonds. The van der Waals surface area contributed by atoms with E-state index >= 15 is 0 Å². The maximum atomic E-state index is 12.8. The van der Waals surface area contributed by atoms with Crippen molar-refractivity contribution in [3.05, 3.63) is 29.8 Å². The molecular formula is C12H16FNO4S. The zero-order chi connectivity index (χ0) is 14.7. The van der Waals surface area contributed by atoms with Crippen LogP contribution in [0.4, 0.5) is 8.68 Å². The number of benzene rings is 1. The van der Waals surface area contributed by atoms with E-state index in [4.69, 9.17) is 4.74 Å². The topological polar surface area (TPSA) is 72.5 Å². The summed E-state index contributed by atoms with van der Waals surface area (Å²) in [4.78, 5) is 11.0. The van der Waals surface area contributed by atoms with E-state index in [2.05, 4.69) is 5.32 Å². The molecule has 1 N–H and O–H groups in total. The highest BCUT2D eigenvalue weighted by atomic mass is 32.3. The van der Waals surface area contributed by atoms with Gasteiger partial charge in [-0.15, -0.1) is 3.89 Å². The molecule has 0 fully saturated rings. The molecule has 0 spiro atoms. The van der Waals surface area contributed by atoms with Gasteiger partial charge in [0.25, 0.3) is 0 Å². The highest BCUT2D eigenvalue weighted by molar-refractivity contribution is 7.86. The molecule has 0 atom stereocenters. The van der Waals surface area contributed by atoms with Crippen LogP contribution >= 0.6 is 0 Å². The number of hydrogen-bond donors (Lipinski definition) is 1. The predicted molar refractivity (Wildman–Crippen MR) is 67.8 cm³/mol. The lowest BCUT2D eigenvalue weighted by molar-refractivity contribution is 0.0523. The molecule has 0 bridgehead atoms. The summed E-state index contributed by atoms with van der Waals surface area (Å²) < 4.78 is 39.3. The Morgan fingerprint density at radius 3 is 2.53 bits per heavy atom. The van der Waals surface area contributed by atoms with E-state index in [1.165, 1.54) is 6.07 Å². The summed E-state index contributed by atoms with van der Waals surface area (Å²) in [6, 6.07) is 5.28. The lowest BCUT2D eigenvalue weighted by Gasteiger charge is -2.19. The molecule has 19 heavy (non-hydrogen) atoms. The lowest BCUT2D eigenvalue weighted by Crippen LogP contribution is -2.32. The molecule has 106 valence electrons. The van der Waals surface area contributed by atoms with Crippen molar-refractivity contribution in [3.63, 3.8) is 0 Å². The summed E-state index contributed by atoms with van der Waals surface area (Å²) in [5.41, 5.74) is -0.154. The minimum Gasteiger partial charge on any atom is -0.444 e. The van der Waals surface area contributed by atoms with Crippen molar-refractivity contribution in [3.8, 4) is 0 Å². The van der Waals surface area contributed by atoms with Gasteiger partial charge in [0.05, 0.1) is 4.90 Å². The molecule has 5 nitrogen and oxygen atoms in total. The first-order valence-electron chi connectivity index (χ1n) is 5.58. The lowest BCUT2D eigenvalue weighted by atomic mass is 10.2. The van der Waals surface area contributed by atoms with Crippen LogP contribution in [0.2, 0.25) is 0 Å². The zero-order valence-corrected chi connectivity index (χ0v) is 11.8. The van der Waals surface area contributed by atoms with Gasteiger partial charge in [0.15, 0.2) is 0 Å². The van der Waals surface area contributed by atoms with Crippen molar-refractivity contribution in [1.82, 2.24) is 5.32 Å². The fourth-order valence-corrected chi connectivity index (χ4v) is 1.83. The van der Waals surface area contributed by atoms with Gasteiger partial charge >= 0.3 is 16.3 Å². The smallest absolute Gasteiger partial charge is 0.407 e. The third-order valence-electron chi connectivity index (χ3n) is 2.02. The number of carbonyl (C=O) groups excluding carboxylic acids is 1. The first kappa shape index (κ1) is 15.4. The van der Waals surface area contributed by atoms with Gasteiger partial charge in [-0.2, -0.15) is 8.42 Å². The summed E-state index contributed by atoms with van der Waals surface area (Å²) in [6.45, 7) is 5.23. The van der Waals surface area contributed by atoms with Crippen LogP contribution in [0, 0.1) is 0 Å². The number of ether oxygens (including phenoxy) is 1. The molecule has 0 radical (unpaired) electrons. The first-order valence-corrected chi connectivity index (χ1v) is 6.97. The molecule has 1 aromatic carbocycles. The molecule has 0 unspecified atom stereocenters. The quantitative estimate of drug-likeness (QED) is 0.867. The van der Waals surface area contributed by atoms with Crippen molar-refractivity contribution >= 4 is 16.3 Å². The Bertz CT molecular complexity index is 563. The second-order valence-electron chi connectivity index (χ2n) is 4.94. The van der Waals surface area contributed by atoms with Gasteiger partial charge in [0, 0.05) is 6.54 Å². The molecule has 0 aliphatic carbocycles. The fraction of sp³-hybridized carbons (Fsp3) is 0.417. The summed E-state index contributed by atoms with van der Waals surface area (Å²) in [5, 5.41) is 2.46. The highest BCUT2D eigenvalue weighted by Crippen LogP contribution is 2.14. The van der Waals surface area contributed by atoms with Crippen LogP contribution in [0.15, 0.2) is 29.2 Å². The molecule has 0 saturated carbocycles. The summed E-state index contributed by atoms with van der Waals surface area (Å²) in [6.07, 6.45) is -0.624. The minimum absolute atomic E-state index is 0.0538. The standard InChI is InChI=1S/C12H16FNO4S/c1-12(2,3)18-11(15)14-8-9-5-4-6-10(7-9)19(13,16)17/h4-7H,8H2,1-3H3,(H,14,15). The van der Waals surface area contributed by atoms with Crippen LogP contribution in [0.1, 0.15) is 26.3 Å². The predicted octanol–water partition coefficient (Wildman–Crippen LogP) is 2.37. The van der Waals surface area contributed by atoms with Crippen molar-refractivity contribution in [2.45, 2.75) is 37.8 Å². The van der Waals surface area contributed by atoms with Gasteiger partial charge in [0.1, 0.15) is 5.60 Å². The van der Waals surface area contributed by atoms with Crippen molar-refractivity contribution in [2.24, 2.45) is 0 Å². The van der Waals surface area contributed by atoms with Crippen LogP contribution in [0.3, 0.4) is 0 Å². The molecule has 0 saturated heterocycles. The number of nitrogens with one attached hydrogen (secondary N) is 1. The van der Waals surface area contributed by atoms with E-state index in [0.29, 0.717) is 5.56 Å². The molecule has 1 rings (SSSR count). The second-order valence-corrected chi connectivity index (χ2v) is 6.29. The third-order valence-corrected chi connectivity index (χ3v) is 2.83. The minimum atomic E-state index is -4.74. The number of rotatable bonds is 3. The largest absolute Gasteiger partial charge is 0.444 e. The van der Waals surface area contributed by atoms with Gasteiger partial charge in [0.2, 0.25) is 0 Å². The van der Waals surface area contributed by atoms with Crippen LogP contribution < -0.4 is 5.32 Å². The maximum Gasteiger partial charge on any atom is 0.407 e. The zero-order valence-electron chi connectivity index (χ0n) is 10.9. The van der Waals surface area contributed by atoms with Crippen LogP contribution in [-0.4, -0.2) is 20.1 Å². The first-order chi connectivity index (χ1) is 8.58. The van der Waals surface area contributed by atoms with E-state index in [9.17, 15) is 17.1 Å². The Morgan fingerprint density at radius 1 is 1.37 bits per heavy atom. The average Bonchev–Trinajstić information content (AvgIpc) is 2.23. The summed E-state index contributed by atoms with van der Waals surface area (Å²) >= 11 is 0. The summed E-state index contributed by atoms with van der Waals surface area (Å²) in [7, 11) is -4.74. The van der Waals surface area contributed by atoms with Crippen LogP contribution in [-0.2, 0) is 21.5 Å². The Kier molecular flexibility index (Phi) is 4.52. The van der Waals surface area contributed by atoms with Gasteiger partial charge in [-0.05, 0) is 38.5 Å². The van der Waals surface area contributed by atoms with Crippen molar-refractivity contribution in [2.75, 3.05) is 0 Å². The Balaban J connectivity index is 2.67. The van der Waals surface area contributed by atoms with Gasteiger partial charge in [-0.25, -0.2) is 4.79 Å². The number of halogens is 1. The van der Waals surface area contributed by atoms with Crippen LogP contribution in [0.25, 0.3) is 0 Å². The third kappa shape index (κ3) is 5.69. The van der Waals surface area contributed by atoms with Gasteiger partial charge < -0.3 is 10.1 Å². The second kappa shape index (κ2) is 5.56. The van der Waals surface area contributed by atoms with Gasteiger partial charge in [-0.3, -0.25) is 0 Å². The highest BCUT2D eigenvalue weighted by Gasteiger charge is 2.16. The molecule has 1 aromatic rings. The molecular weight excluding hydrogens is 273 g/mol. The Morgan fingerprint density at radius 2 is 2.00 bits per heavy atom. The van der Waals surface area contributed by atoms with Crippen molar-refractivity contribution in [1.29, 1.82) is 0 Å². The van der Waals surface area contributed by atoms with E-state index in [0.717, 1.165) is 12.1 Å². The normalized spacial score (nSPS) is 12.0.